The van der Waals surface area contributed by atoms with Crippen LogP contribution in [-0.4, -0.2) is 46.1 Å². The van der Waals surface area contributed by atoms with Crippen LogP contribution in [0.5, 0.6) is 0 Å². The molecular formula is C14H17N5O2. The minimum absolute atomic E-state index is 0.0516. The lowest BCUT2D eigenvalue weighted by Crippen LogP contribution is -2.33. The third kappa shape index (κ3) is 3.08. The Morgan fingerprint density at radius 3 is 3.19 bits per heavy atom. The fourth-order valence-corrected chi connectivity index (χ4v) is 2.39. The summed E-state index contributed by atoms with van der Waals surface area (Å²) in [6, 6.07) is 3.68. The second kappa shape index (κ2) is 6.01. The minimum Gasteiger partial charge on any atom is -0.337 e. The lowest BCUT2D eigenvalue weighted by atomic mass is 10.1. The number of pyridine rings is 1. The molecule has 7 nitrogen and oxygen atoms in total. The van der Waals surface area contributed by atoms with Gasteiger partial charge in [-0.05, 0) is 25.1 Å². The van der Waals surface area contributed by atoms with Gasteiger partial charge in [0.2, 0.25) is 17.6 Å². The molecule has 0 radical (unpaired) electrons. The van der Waals surface area contributed by atoms with Gasteiger partial charge in [-0.3, -0.25) is 9.78 Å². The highest BCUT2D eigenvalue weighted by molar-refractivity contribution is 5.79. The van der Waals surface area contributed by atoms with Gasteiger partial charge >= 0.3 is 0 Å². The first-order valence-electron chi connectivity index (χ1n) is 6.92. The number of nitrogens with one attached hydrogen (secondary N) is 1. The summed E-state index contributed by atoms with van der Waals surface area (Å²) in [7, 11) is 1.76. The zero-order valence-electron chi connectivity index (χ0n) is 11.8. The van der Waals surface area contributed by atoms with Gasteiger partial charge in [0.15, 0.2) is 0 Å². The molecule has 1 saturated heterocycles. The van der Waals surface area contributed by atoms with E-state index in [0.717, 1.165) is 25.1 Å². The lowest BCUT2D eigenvalue weighted by molar-refractivity contribution is -0.134. The van der Waals surface area contributed by atoms with Gasteiger partial charge in [0, 0.05) is 31.5 Å². The smallest absolute Gasteiger partial charge is 0.246 e. The molecule has 3 rings (SSSR count). The van der Waals surface area contributed by atoms with Gasteiger partial charge in [0.05, 0.1) is 12.5 Å². The molecule has 110 valence electrons. The van der Waals surface area contributed by atoms with Crippen LogP contribution in [0.25, 0.3) is 11.4 Å². The van der Waals surface area contributed by atoms with Crippen molar-refractivity contribution in [2.45, 2.75) is 13.0 Å². The van der Waals surface area contributed by atoms with Crippen molar-refractivity contribution in [2.24, 2.45) is 5.92 Å². The highest BCUT2D eigenvalue weighted by atomic mass is 16.5. The summed E-state index contributed by atoms with van der Waals surface area (Å²) in [5.41, 5.74) is 0.793. The Balaban J connectivity index is 1.65. The molecule has 1 amide bonds. The number of carbonyl (C=O) groups is 1. The zero-order valence-corrected chi connectivity index (χ0v) is 11.8. The topological polar surface area (TPSA) is 84.2 Å². The average Bonchev–Trinajstić information content (AvgIpc) is 3.19. The number of hydrogen-bond donors (Lipinski definition) is 1. The molecule has 0 bridgehead atoms. The number of carbonyl (C=O) groups excluding carboxylic acids is 1. The van der Waals surface area contributed by atoms with Crippen LogP contribution in [0, 0.1) is 5.92 Å². The molecule has 0 aromatic carbocycles. The maximum absolute atomic E-state index is 12.2. The Kier molecular flexibility index (Phi) is 3.92. The van der Waals surface area contributed by atoms with Crippen molar-refractivity contribution in [1.82, 2.24) is 25.3 Å². The van der Waals surface area contributed by atoms with Crippen LogP contribution >= 0.6 is 0 Å². The molecule has 0 saturated carbocycles. The molecule has 1 fully saturated rings. The van der Waals surface area contributed by atoms with Crippen LogP contribution < -0.4 is 5.32 Å². The molecule has 2 aromatic heterocycles. The third-order valence-corrected chi connectivity index (χ3v) is 3.55. The summed E-state index contributed by atoms with van der Waals surface area (Å²) < 4.78 is 5.20. The van der Waals surface area contributed by atoms with E-state index in [1.54, 1.807) is 24.3 Å². The highest BCUT2D eigenvalue weighted by Gasteiger charge is 2.26. The van der Waals surface area contributed by atoms with Gasteiger partial charge in [0.1, 0.15) is 0 Å². The summed E-state index contributed by atoms with van der Waals surface area (Å²) >= 11 is 0. The van der Waals surface area contributed by atoms with Gasteiger partial charge in [-0.2, -0.15) is 4.98 Å². The van der Waals surface area contributed by atoms with Crippen molar-refractivity contribution in [1.29, 1.82) is 0 Å². The molecular weight excluding hydrogens is 270 g/mol. The van der Waals surface area contributed by atoms with Crippen molar-refractivity contribution >= 4 is 5.91 Å². The lowest BCUT2D eigenvalue weighted by Gasteiger charge is -2.18. The fourth-order valence-electron chi connectivity index (χ4n) is 2.39. The standard InChI is InChI=1S/C14H17N5O2/c1-19(14(20)11-4-6-16-8-11)9-12-17-13(18-21-12)10-3-2-5-15-7-10/h2-3,5,7,11,16H,4,6,8-9H2,1H3/t11-/m1/s1. The first-order chi connectivity index (χ1) is 10.2. The van der Waals surface area contributed by atoms with Gasteiger partial charge in [0.25, 0.3) is 0 Å². The summed E-state index contributed by atoms with van der Waals surface area (Å²) in [6.07, 6.45) is 4.24. The zero-order chi connectivity index (χ0) is 14.7. The number of hydrogen-bond acceptors (Lipinski definition) is 6. The van der Waals surface area contributed by atoms with Crippen LogP contribution in [-0.2, 0) is 11.3 Å². The number of nitrogens with zero attached hydrogens (tertiary/aromatic N) is 4. The third-order valence-electron chi connectivity index (χ3n) is 3.55. The van der Waals surface area contributed by atoms with E-state index in [-0.39, 0.29) is 11.8 Å². The monoisotopic (exact) mass is 287 g/mol. The first-order valence-corrected chi connectivity index (χ1v) is 6.92. The fraction of sp³-hybridized carbons (Fsp3) is 0.429. The largest absolute Gasteiger partial charge is 0.337 e. The Morgan fingerprint density at radius 1 is 1.57 bits per heavy atom. The summed E-state index contributed by atoms with van der Waals surface area (Å²) in [5, 5.41) is 7.11. The quantitative estimate of drug-likeness (QED) is 0.891. The Labute approximate surface area is 122 Å². The molecule has 0 aliphatic carbocycles. The molecule has 1 aliphatic rings. The van der Waals surface area contributed by atoms with E-state index in [2.05, 4.69) is 20.4 Å². The van der Waals surface area contributed by atoms with E-state index in [4.69, 9.17) is 4.52 Å². The maximum Gasteiger partial charge on any atom is 0.246 e. The molecule has 21 heavy (non-hydrogen) atoms. The van der Waals surface area contributed by atoms with E-state index in [1.165, 1.54) is 0 Å². The van der Waals surface area contributed by atoms with E-state index < -0.39 is 0 Å². The van der Waals surface area contributed by atoms with E-state index in [1.807, 2.05) is 12.1 Å². The molecule has 3 heterocycles. The summed E-state index contributed by atoms with van der Waals surface area (Å²) in [4.78, 5) is 22.2. The summed E-state index contributed by atoms with van der Waals surface area (Å²) in [6.45, 7) is 1.96. The maximum atomic E-state index is 12.2. The number of rotatable bonds is 4. The molecule has 0 unspecified atom stereocenters. The van der Waals surface area contributed by atoms with Gasteiger partial charge < -0.3 is 14.7 Å². The minimum atomic E-state index is 0.0516. The molecule has 1 aliphatic heterocycles. The molecule has 1 atom stereocenters. The van der Waals surface area contributed by atoms with Crippen LogP contribution in [0.4, 0.5) is 0 Å². The number of aromatic nitrogens is 3. The molecule has 1 N–H and O–H groups in total. The van der Waals surface area contributed by atoms with Crippen molar-refractivity contribution in [2.75, 3.05) is 20.1 Å². The second-order valence-corrected chi connectivity index (χ2v) is 5.14. The first kappa shape index (κ1) is 13.7. The van der Waals surface area contributed by atoms with Crippen molar-refractivity contribution in [3.8, 4) is 11.4 Å². The van der Waals surface area contributed by atoms with Gasteiger partial charge in [-0.1, -0.05) is 5.16 Å². The SMILES string of the molecule is CN(Cc1nc(-c2cccnc2)no1)C(=O)[C@@H]1CCNC1. The molecule has 2 aromatic rings. The van der Waals surface area contributed by atoms with Crippen molar-refractivity contribution < 1.29 is 9.32 Å². The van der Waals surface area contributed by atoms with Crippen LogP contribution in [0.1, 0.15) is 12.3 Å². The molecule has 7 heteroatoms. The normalized spacial score (nSPS) is 17.9. The van der Waals surface area contributed by atoms with Crippen LogP contribution in [0.15, 0.2) is 29.0 Å². The van der Waals surface area contributed by atoms with Gasteiger partial charge in [-0.15, -0.1) is 0 Å². The predicted molar refractivity (Wildman–Crippen MR) is 75.0 cm³/mol. The Bertz CT molecular complexity index is 607. The second-order valence-electron chi connectivity index (χ2n) is 5.14. The Hall–Kier alpha value is -2.28. The predicted octanol–water partition coefficient (Wildman–Crippen LogP) is 0.699. The van der Waals surface area contributed by atoms with Gasteiger partial charge in [-0.25, -0.2) is 0 Å². The highest BCUT2D eigenvalue weighted by Crippen LogP contribution is 2.16. The van der Waals surface area contributed by atoms with Crippen LogP contribution in [0.2, 0.25) is 0 Å². The summed E-state index contributed by atoms with van der Waals surface area (Å²) in [5.74, 6) is 1.08. The molecule has 0 spiro atoms. The number of amides is 1. The van der Waals surface area contributed by atoms with E-state index >= 15 is 0 Å². The Morgan fingerprint density at radius 2 is 2.48 bits per heavy atom. The van der Waals surface area contributed by atoms with Crippen molar-refractivity contribution in [3.05, 3.63) is 30.4 Å². The van der Waals surface area contributed by atoms with Crippen LogP contribution in [0.3, 0.4) is 0 Å². The average molecular weight is 287 g/mol. The van der Waals surface area contributed by atoms with E-state index in [0.29, 0.717) is 18.3 Å². The van der Waals surface area contributed by atoms with E-state index in [9.17, 15) is 4.79 Å². The van der Waals surface area contributed by atoms with Crippen molar-refractivity contribution in [3.63, 3.8) is 0 Å².